The number of hydrogen-bond acceptors (Lipinski definition) is 5. The highest BCUT2D eigenvalue weighted by molar-refractivity contribution is 5.92. The summed E-state index contributed by atoms with van der Waals surface area (Å²) in [6.07, 6.45) is 2.09. The Hall–Kier alpha value is -3.03. The average Bonchev–Trinajstić information content (AvgIpc) is 2.99. The molecular formula is C23H32N4O4. The Bertz CT molecular complexity index is 912. The summed E-state index contributed by atoms with van der Waals surface area (Å²) in [7, 11) is 0. The third-order valence-electron chi connectivity index (χ3n) is 4.85. The Morgan fingerprint density at radius 1 is 1.00 bits per heavy atom. The molecule has 0 spiro atoms. The van der Waals surface area contributed by atoms with Crippen molar-refractivity contribution >= 4 is 12.0 Å². The molecule has 0 N–H and O–H groups in total. The van der Waals surface area contributed by atoms with Gasteiger partial charge < -0.3 is 19.3 Å². The number of rotatable bonds is 4. The fourth-order valence-corrected chi connectivity index (χ4v) is 3.50. The van der Waals surface area contributed by atoms with Crippen molar-refractivity contribution in [3.8, 4) is 5.75 Å². The summed E-state index contributed by atoms with van der Waals surface area (Å²) >= 11 is 0. The summed E-state index contributed by atoms with van der Waals surface area (Å²) in [6.45, 7) is 11.8. The van der Waals surface area contributed by atoms with Crippen molar-refractivity contribution in [3.63, 3.8) is 0 Å². The highest BCUT2D eigenvalue weighted by atomic mass is 16.6. The third kappa shape index (κ3) is 6.47. The molecule has 0 saturated carbocycles. The standard InChI is InChI=1S/C23H32N4O4/c1-17-13-18(2)15-19(14-17)30-16-27-10-7-20(24-27)21(28)25-8-6-9-26(12-11-25)22(29)31-23(3,4)5/h7,10,13-15H,6,8-9,11-12,16H2,1-5H3. The van der Waals surface area contributed by atoms with Crippen LogP contribution in [0.15, 0.2) is 30.5 Å². The Labute approximate surface area is 183 Å². The molecule has 0 radical (unpaired) electrons. The van der Waals surface area contributed by atoms with Gasteiger partial charge in [-0.2, -0.15) is 5.10 Å². The SMILES string of the molecule is Cc1cc(C)cc(OCn2ccc(C(=O)N3CCCN(C(=O)OC(C)(C)C)CC3)n2)c1. The van der Waals surface area contributed by atoms with Gasteiger partial charge in [0.2, 0.25) is 0 Å². The summed E-state index contributed by atoms with van der Waals surface area (Å²) < 4.78 is 12.9. The average molecular weight is 429 g/mol. The van der Waals surface area contributed by atoms with Gasteiger partial charge in [-0.15, -0.1) is 0 Å². The lowest BCUT2D eigenvalue weighted by Crippen LogP contribution is -2.40. The van der Waals surface area contributed by atoms with Gasteiger partial charge in [-0.1, -0.05) is 6.07 Å². The van der Waals surface area contributed by atoms with Gasteiger partial charge in [0.05, 0.1) is 0 Å². The molecule has 0 bridgehead atoms. The van der Waals surface area contributed by atoms with E-state index in [4.69, 9.17) is 9.47 Å². The monoisotopic (exact) mass is 428 g/mol. The summed E-state index contributed by atoms with van der Waals surface area (Å²) in [5.74, 6) is 0.631. The Balaban J connectivity index is 1.56. The Morgan fingerprint density at radius 2 is 1.65 bits per heavy atom. The maximum absolute atomic E-state index is 12.9. The van der Waals surface area contributed by atoms with Gasteiger partial charge >= 0.3 is 6.09 Å². The van der Waals surface area contributed by atoms with Gasteiger partial charge in [-0.3, -0.25) is 4.79 Å². The first kappa shape index (κ1) is 22.7. The van der Waals surface area contributed by atoms with Crippen LogP contribution in [-0.2, 0) is 11.5 Å². The van der Waals surface area contributed by atoms with Gasteiger partial charge in [0.15, 0.2) is 12.4 Å². The maximum Gasteiger partial charge on any atom is 0.410 e. The predicted molar refractivity (Wildman–Crippen MR) is 117 cm³/mol. The van der Waals surface area contributed by atoms with Gasteiger partial charge in [0.1, 0.15) is 11.4 Å². The van der Waals surface area contributed by atoms with Crippen molar-refractivity contribution in [3.05, 3.63) is 47.3 Å². The van der Waals surface area contributed by atoms with Crippen molar-refractivity contribution in [2.45, 2.75) is 53.4 Å². The highest BCUT2D eigenvalue weighted by Crippen LogP contribution is 2.17. The molecule has 31 heavy (non-hydrogen) atoms. The number of hydrogen-bond donors (Lipinski definition) is 0. The fraction of sp³-hybridized carbons (Fsp3) is 0.522. The lowest BCUT2D eigenvalue weighted by Gasteiger charge is -2.26. The minimum atomic E-state index is -0.537. The van der Waals surface area contributed by atoms with Crippen LogP contribution in [0.3, 0.4) is 0 Å². The van der Waals surface area contributed by atoms with Crippen LogP contribution in [0.1, 0.15) is 48.8 Å². The quantitative estimate of drug-likeness (QED) is 0.743. The summed E-state index contributed by atoms with van der Waals surface area (Å²) in [5.41, 5.74) is 2.10. The molecule has 2 aromatic rings. The molecule has 3 rings (SSSR count). The van der Waals surface area contributed by atoms with E-state index in [1.165, 1.54) is 0 Å². The van der Waals surface area contributed by atoms with E-state index in [1.54, 1.807) is 26.7 Å². The number of ether oxygens (including phenoxy) is 2. The molecule has 1 aromatic heterocycles. The predicted octanol–water partition coefficient (Wildman–Crippen LogP) is 3.62. The topological polar surface area (TPSA) is 76.9 Å². The van der Waals surface area contributed by atoms with Crippen LogP contribution in [-0.4, -0.2) is 63.4 Å². The van der Waals surface area contributed by atoms with Crippen molar-refractivity contribution in [1.82, 2.24) is 19.6 Å². The maximum atomic E-state index is 12.9. The molecule has 8 heteroatoms. The minimum Gasteiger partial charge on any atom is -0.471 e. The first-order valence-electron chi connectivity index (χ1n) is 10.6. The van der Waals surface area contributed by atoms with Crippen LogP contribution in [0.4, 0.5) is 4.79 Å². The molecule has 0 unspecified atom stereocenters. The van der Waals surface area contributed by atoms with Crippen molar-refractivity contribution in [2.75, 3.05) is 26.2 Å². The molecule has 2 amide bonds. The van der Waals surface area contributed by atoms with E-state index in [2.05, 4.69) is 11.2 Å². The van der Waals surface area contributed by atoms with E-state index < -0.39 is 5.60 Å². The van der Waals surface area contributed by atoms with Gasteiger partial charge in [0.25, 0.3) is 5.91 Å². The van der Waals surface area contributed by atoms with E-state index in [0.29, 0.717) is 38.3 Å². The fourth-order valence-electron chi connectivity index (χ4n) is 3.50. The molecule has 8 nitrogen and oxygen atoms in total. The van der Waals surface area contributed by atoms with E-state index in [1.807, 2.05) is 46.8 Å². The Morgan fingerprint density at radius 3 is 2.32 bits per heavy atom. The number of nitrogens with zero attached hydrogens (tertiary/aromatic N) is 4. The summed E-state index contributed by atoms with van der Waals surface area (Å²) in [6, 6.07) is 7.72. The normalized spacial score (nSPS) is 14.9. The molecule has 0 aliphatic carbocycles. The first-order chi connectivity index (χ1) is 14.6. The van der Waals surface area contributed by atoms with E-state index in [0.717, 1.165) is 16.9 Å². The van der Waals surface area contributed by atoms with Crippen LogP contribution in [0.5, 0.6) is 5.75 Å². The third-order valence-corrected chi connectivity index (χ3v) is 4.85. The summed E-state index contributed by atoms with van der Waals surface area (Å²) in [5, 5.41) is 4.37. The minimum absolute atomic E-state index is 0.142. The van der Waals surface area contributed by atoms with Crippen molar-refractivity contribution < 1.29 is 19.1 Å². The molecule has 1 aliphatic heterocycles. The van der Waals surface area contributed by atoms with Crippen LogP contribution in [0, 0.1) is 13.8 Å². The number of amides is 2. The zero-order chi connectivity index (χ0) is 22.6. The second-order valence-electron chi connectivity index (χ2n) is 8.95. The van der Waals surface area contributed by atoms with E-state index >= 15 is 0 Å². The molecule has 1 fully saturated rings. The number of benzene rings is 1. The molecular weight excluding hydrogens is 396 g/mol. The van der Waals surface area contributed by atoms with Gasteiger partial charge in [-0.05, 0) is 70.4 Å². The van der Waals surface area contributed by atoms with Gasteiger partial charge in [0, 0.05) is 32.4 Å². The van der Waals surface area contributed by atoms with Crippen LogP contribution >= 0.6 is 0 Å². The Kier molecular flexibility index (Phi) is 6.87. The number of carbonyl (C=O) groups excluding carboxylic acids is 2. The number of aromatic nitrogens is 2. The molecule has 1 saturated heterocycles. The zero-order valence-electron chi connectivity index (χ0n) is 19.1. The lowest BCUT2D eigenvalue weighted by atomic mass is 10.1. The van der Waals surface area contributed by atoms with Gasteiger partial charge in [-0.25, -0.2) is 9.48 Å². The molecule has 1 aliphatic rings. The highest BCUT2D eigenvalue weighted by Gasteiger charge is 2.27. The van der Waals surface area contributed by atoms with Crippen molar-refractivity contribution in [2.24, 2.45) is 0 Å². The van der Waals surface area contributed by atoms with E-state index in [-0.39, 0.29) is 18.7 Å². The lowest BCUT2D eigenvalue weighted by molar-refractivity contribution is 0.0255. The van der Waals surface area contributed by atoms with Crippen molar-refractivity contribution in [1.29, 1.82) is 0 Å². The second kappa shape index (κ2) is 9.41. The molecule has 168 valence electrons. The van der Waals surface area contributed by atoms with Crippen LogP contribution in [0.2, 0.25) is 0 Å². The van der Waals surface area contributed by atoms with Crippen LogP contribution in [0.25, 0.3) is 0 Å². The number of carbonyl (C=O) groups is 2. The number of aryl methyl sites for hydroxylation is 2. The summed E-state index contributed by atoms with van der Waals surface area (Å²) in [4.78, 5) is 28.6. The molecule has 2 heterocycles. The molecule has 1 aromatic carbocycles. The molecule has 0 atom stereocenters. The van der Waals surface area contributed by atoms with Crippen LogP contribution < -0.4 is 4.74 Å². The smallest absolute Gasteiger partial charge is 0.410 e. The second-order valence-corrected chi connectivity index (χ2v) is 8.95. The largest absolute Gasteiger partial charge is 0.471 e. The first-order valence-corrected chi connectivity index (χ1v) is 10.6. The zero-order valence-corrected chi connectivity index (χ0v) is 19.1. The van der Waals surface area contributed by atoms with E-state index in [9.17, 15) is 9.59 Å².